The molecule has 3 aliphatic heterocycles. The number of benzene rings is 1. The Balaban J connectivity index is 1.70. The molecule has 1 aromatic carbocycles. The molecule has 1 spiro atoms. The summed E-state index contributed by atoms with van der Waals surface area (Å²) in [6, 6.07) is 5.97. The first kappa shape index (κ1) is 19.0. The number of carboxylic acids is 1. The predicted octanol–water partition coefficient (Wildman–Crippen LogP) is -2.64. The number of aliphatic hydroxyl groups is 2. The van der Waals surface area contributed by atoms with Crippen molar-refractivity contribution in [1.82, 2.24) is 10.2 Å². The van der Waals surface area contributed by atoms with E-state index in [0.29, 0.717) is 0 Å². The Kier molecular flexibility index (Phi) is 4.13. The maximum Gasteiger partial charge on any atom is 0.338 e. The van der Waals surface area contributed by atoms with Crippen molar-refractivity contribution >= 4 is 23.9 Å². The van der Waals surface area contributed by atoms with Gasteiger partial charge in [0.25, 0.3) is 0 Å². The number of carbonyl (C=O) groups is 2. The van der Waals surface area contributed by atoms with E-state index in [9.17, 15) is 24.9 Å². The lowest BCUT2D eigenvalue weighted by molar-refractivity contribution is -0.256. The SMILES string of the molecule is NC1=N[C@H]2[C@H](CC(=O)O)N=C(N)N3C[C@H](OC(=O)c4ccccc4)C(O)(O)[C@]23N1. The summed E-state index contributed by atoms with van der Waals surface area (Å²) in [6.07, 6.45) is -1.90. The van der Waals surface area contributed by atoms with Gasteiger partial charge in [0.15, 0.2) is 23.7 Å². The van der Waals surface area contributed by atoms with Crippen LogP contribution in [-0.2, 0) is 9.53 Å². The van der Waals surface area contributed by atoms with Gasteiger partial charge in [-0.1, -0.05) is 18.2 Å². The quantitative estimate of drug-likeness (QED) is 0.228. The summed E-state index contributed by atoms with van der Waals surface area (Å²) in [5.74, 6) is -4.91. The number of rotatable bonds is 4. The van der Waals surface area contributed by atoms with Gasteiger partial charge in [0.2, 0.25) is 5.79 Å². The zero-order valence-corrected chi connectivity index (χ0v) is 15.1. The van der Waals surface area contributed by atoms with E-state index in [4.69, 9.17) is 16.2 Å². The van der Waals surface area contributed by atoms with Gasteiger partial charge in [-0.05, 0) is 12.1 Å². The number of nitrogens with one attached hydrogen (secondary N) is 1. The molecule has 0 amide bonds. The van der Waals surface area contributed by atoms with Gasteiger partial charge in [0.1, 0.15) is 6.04 Å². The number of aliphatic imine (C=N–C) groups is 2. The maximum atomic E-state index is 12.5. The molecule has 1 fully saturated rings. The molecule has 12 nitrogen and oxygen atoms in total. The van der Waals surface area contributed by atoms with Gasteiger partial charge in [-0.2, -0.15) is 0 Å². The summed E-state index contributed by atoms with van der Waals surface area (Å²) in [5.41, 5.74) is 10.2. The van der Waals surface area contributed by atoms with Crippen LogP contribution in [0.2, 0.25) is 0 Å². The van der Waals surface area contributed by atoms with Crippen LogP contribution < -0.4 is 16.8 Å². The van der Waals surface area contributed by atoms with E-state index < -0.39 is 48.0 Å². The van der Waals surface area contributed by atoms with Crippen LogP contribution in [0.3, 0.4) is 0 Å². The van der Waals surface area contributed by atoms with Gasteiger partial charge < -0.3 is 41.7 Å². The highest BCUT2D eigenvalue weighted by Crippen LogP contribution is 2.46. The van der Waals surface area contributed by atoms with Crippen molar-refractivity contribution in [3.05, 3.63) is 35.9 Å². The monoisotopic (exact) mass is 404 g/mol. The van der Waals surface area contributed by atoms with Crippen molar-refractivity contribution < 1.29 is 29.6 Å². The molecular weight excluding hydrogens is 384 g/mol. The van der Waals surface area contributed by atoms with Crippen LogP contribution in [0.1, 0.15) is 16.8 Å². The van der Waals surface area contributed by atoms with Crippen LogP contribution in [-0.4, -0.2) is 80.3 Å². The number of esters is 1. The number of nitrogens with two attached hydrogens (primary N) is 2. The number of carboxylic acid groups (broad SMARTS) is 1. The molecular formula is C17H20N6O6. The summed E-state index contributed by atoms with van der Waals surface area (Å²) in [4.78, 5) is 33.3. The molecule has 0 bridgehead atoms. The Morgan fingerprint density at radius 2 is 1.93 bits per heavy atom. The second kappa shape index (κ2) is 6.32. The molecule has 4 atom stereocenters. The van der Waals surface area contributed by atoms with Crippen LogP contribution in [0.25, 0.3) is 0 Å². The summed E-state index contributed by atoms with van der Waals surface area (Å²) >= 11 is 0. The molecule has 1 aromatic rings. The molecule has 1 saturated heterocycles. The number of nitrogens with zero attached hydrogens (tertiary/aromatic N) is 3. The van der Waals surface area contributed by atoms with Crippen molar-refractivity contribution in [2.75, 3.05) is 6.54 Å². The predicted molar refractivity (Wildman–Crippen MR) is 98.5 cm³/mol. The number of hydrogen-bond acceptors (Lipinski definition) is 11. The summed E-state index contributed by atoms with van der Waals surface area (Å²) < 4.78 is 5.37. The molecule has 0 aliphatic carbocycles. The Bertz CT molecular complexity index is 918. The average molecular weight is 404 g/mol. The minimum Gasteiger partial charge on any atom is -0.481 e. The van der Waals surface area contributed by atoms with E-state index in [1.54, 1.807) is 18.2 Å². The van der Waals surface area contributed by atoms with Crippen LogP contribution in [0.5, 0.6) is 0 Å². The number of ether oxygens (including phenoxy) is 1. The minimum absolute atomic E-state index is 0.136. The smallest absolute Gasteiger partial charge is 0.338 e. The van der Waals surface area contributed by atoms with Crippen LogP contribution in [0.15, 0.2) is 40.3 Å². The fourth-order valence-electron chi connectivity index (χ4n) is 4.14. The molecule has 3 heterocycles. The Morgan fingerprint density at radius 1 is 1.24 bits per heavy atom. The minimum atomic E-state index is -2.70. The number of aliphatic carboxylic acids is 1. The lowest BCUT2D eigenvalue weighted by atomic mass is 9.84. The Morgan fingerprint density at radius 3 is 2.59 bits per heavy atom. The molecule has 3 aliphatic rings. The molecule has 29 heavy (non-hydrogen) atoms. The molecule has 0 radical (unpaired) electrons. The molecule has 12 heteroatoms. The van der Waals surface area contributed by atoms with E-state index in [1.165, 1.54) is 17.0 Å². The van der Waals surface area contributed by atoms with Gasteiger partial charge in [0.05, 0.1) is 24.6 Å². The standard InChI is InChI=1S/C17H20N6O6/c18-14-21-12-9(6-11(24)25)20-15(19)23-7-10(17(27,28)16(12,23)22-14)29-13(26)8-4-2-1-3-5-8/h1-5,9-10,12,27-28H,6-7H2,(H2,19,20)(H,24,25)(H3,18,21,22)/t9-,10-,12-,16-/m0/s1. The van der Waals surface area contributed by atoms with Gasteiger partial charge in [0, 0.05) is 0 Å². The summed E-state index contributed by atoms with van der Waals surface area (Å²) in [7, 11) is 0. The fraction of sp³-hybridized carbons (Fsp3) is 0.412. The van der Waals surface area contributed by atoms with Crippen molar-refractivity contribution in [1.29, 1.82) is 0 Å². The highest BCUT2D eigenvalue weighted by atomic mass is 16.6. The summed E-state index contributed by atoms with van der Waals surface area (Å²) in [6.45, 7) is -0.215. The van der Waals surface area contributed by atoms with Gasteiger partial charge in [-0.25, -0.2) is 14.8 Å². The zero-order valence-electron chi connectivity index (χ0n) is 15.1. The maximum absolute atomic E-state index is 12.5. The third-order valence-corrected chi connectivity index (χ3v) is 5.39. The third-order valence-electron chi connectivity index (χ3n) is 5.39. The first-order valence-electron chi connectivity index (χ1n) is 8.81. The lowest BCUT2D eigenvalue weighted by Crippen LogP contribution is -2.77. The molecule has 0 unspecified atom stereocenters. The molecule has 4 rings (SSSR count). The van der Waals surface area contributed by atoms with Crippen LogP contribution in [0.4, 0.5) is 0 Å². The Hall–Kier alpha value is -3.38. The molecule has 0 saturated carbocycles. The molecule has 154 valence electrons. The topological polar surface area (TPSA) is 196 Å². The average Bonchev–Trinajstić information content (AvgIpc) is 3.12. The van der Waals surface area contributed by atoms with E-state index in [0.717, 1.165) is 0 Å². The highest BCUT2D eigenvalue weighted by molar-refractivity contribution is 5.90. The van der Waals surface area contributed by atoms with Crippen LogP contribution in [0, 0.1) is 0 Å². The second-order valence-electron chi connectivity index (χ2n) is 7.10. The fourth-order valence-corrected chi connectivity index (χ4v) is 4.14. The third kappa shape index (κ3) is 2.68. The molecule has 0 aromatic heterocycles. The zero-order chi connectivity index (χ0) is 21.0. The number of hydrogen-bond donors (Lipinski definition) is 6. The summed E-state index contributed by atoms with van der Waals surface area (Å²) in [5, 5.41) is 34.1. The van der Waals surface area contributed by atoms with Crippen molar-refractivity contribution in [2.45, 2.75) is 36.1 Å². The lowest BCUT2D eigenvalue weighted by Gasteiger charge is -2.48. The molecule has 8 N–H and O–H groups in total. The van der Waals surface area contributed by atoms with E-state index in [-0.39, 0.29) is 24.0 Å². The van der Waals surface area contributed by atoms with Gasteiger partial charge in [-0.15, -0.1) is 0 Å². The van der Waals surface area contributed by atoms with E-state index in [2.05, 4.69) is 15.3 Å². The first-order chi connectivity index (χ1) is 13.7. The van der Waals surface area contributed by atoms with Crippen molar-refractivity contribution in [3.63, 3.8) is 0 Å². The van der Waals surface area contributed by atoms with Crippen molar-refractivity contribution in [2.24, 2.45) is 21.5 Å². The second-order valence-corrected chi connectivity index (χ2v) is 7.10. The number of guanidine groups is 2. The van der Waals surface area contributed by atoms with Crippen molar-refractivity contribution in [3.8, 4) is 0 Å². The Labute approximate surface area is 164 Å². The van der Waals surface area contributed by atoms with Gasteiger partial charge in [-0.3, -0.25) is 4.79 Å². The normalized spacial score (nSPS) is 31.8. The number of carbonyl (C=O) groups excluding carboxylic acids is 1. The first-order valence-corrected chi connectivity index (χ1v) is 8.81. The van der Waals surface area contributed by atoms with E-state index in [1.807, 2.05) is 0 Å². The van der Waals surface area contributed by atoms with E-state index >= 15 is 0 Å². The largest absolute Gasteiger partial charge is 0.481 e. The van der Waals surface area contributed by atoms with Gasteiger partial charge >= 0.3 is 11.9 Å². The van der Waals surface area contributed by atoms with Crippen LogP contribution >= 0.6 is 0 Å². The highest BCUT2D eigenvalue weighted by Gasteiger charge is 2.74.